The number of pyridine rings is 1. The summed E-state index contributed by atoms with van der Waals surface area (Å²) < 4.78 is 0. The first kappa shape index (κ1) is 19.2. The summed E-state index contributed by atoms with van der Waals surface area (Å²) in [5.41, 5.74) is 4.43. The van der Waals surface area contributed by atoms with Crippen molar-refractivity contribution in [3.05, 3.63) is 53.9 Å². The first-order chi connectivity index (χ1) is 12.9. The first-order valence-corrected chi connectivity index (χ1v) is 9.67. The van der Waals surface area contributed by atoms with Crippen LogP contribution in [-0.4, -0.2) is 42.1 Å². The zero-order valence-corrected chi connectivity index (χ0v) is 16.8. The normalized spacial score (nSPS) is 15.4. The average Bonchev–Trinajstić information content (AvgIpc) is 2.88. The second kappa shape index (κ2) is 7.99. The fourth-order valence-electron chi connectivity index (χ4n) is 3.62. The van der Waals surface area contributed by atoms with Gasteiger partial charge >= 0.3 is 6.03 Å². The van der Waals surface area contributed by atoms with Gasteiger partial charge in [-0.2, -0.15) is 0 Å². The predicted molar refractivity (Wildman–Crippen MR) is 112 cm³/mol. The third kappa shape index (κ3) is 4.59. The van der Waals surface area contributed by atoms with E-state index in [2.05, 4.69) is 55.0 Å². The van der Waals surface area contributed by atoms with Gasteiger partial charge in [0, 0.05) is 49.9 Å². The highest BCUT2D eigenvalue weighted by atomic mass is 16.2. The van der Waals surface area contributed by atoms with Crippen LogP contribution in [0.4, 0.5) is 16.2 Å². The predicted octanol–water partition coefficient (Wildman–Crippen LogP) is 4.43. The lowest BCUT2D eigenvalue weighted by Gasteiger charge is -2.26. The molecule has 2 aromatic rings. The van der Waals surface area contributed by atoms with Crippen LogP contribution in [0.1, 0.15) is 38.3 Å². The Balaban J connectivity index is 1.68. The molecule has 1 aromatic heterocycles. The molecule has 3 rings (SSSR count). The number of carbonyl (C=O) groups excluding carboxylic acids is 1. The van der Waals surface area contributed by atoms with Crippen LogP contribution in [0.3, 0.4) is 0 Å². The van der Waals surface area contributed by atoms with E-state index in [0.717, 1.165) is 37.3 Å². The maximum absolute atomic E-state index is 12.9. The Bertz CT molecular complexity index is 797. The van der Waals surface area contributed by atoms with Crippen LogP contribution in [0.15, 0.2) is 42.7 Å². The number of carbonyl (C=O) groups is 1. The molecular weight excluding hydrogens is 336 g/mol. The van der Waals surface area contributed by atoms with Gasteiger partial charge in [-0.15, -0.1) is 0 Å². The van der Waals surface area contributed by atoms with E-state index in [-0.39, 0.29) is 11.4 Å². The van der Waals surface area contributed by atoms with Gasteiger partial charge in [0.2, 0.25) is 0 Å². The van der Waals surface area contributed by atoms with Crippen LogP contribution >= 0.6 is 0 Å². The lowest BCUT2D eigenvalue weighted by atomic mass is 9.86. The highest BCUT2D eigenvalue weighted by Gasteiger charge is 2.23. The van der Waals surface area contributed by atoms with Gasteiger partial charge in [-0.1, -0.05) is 39.0 Å². The molecule has 144 valence electrons. The number of nitrogens with zero attached hydrogens (tertiary/aromatic N) is 3. The van der Waals surface area contributed by atoms with E-state index in [9.17, 15) is 4.79 Å². The van der Waals surface area contributed by atoms with Gasteiger partial charge in [-0.25, -0.2) is 4.79 Å². The van der Waals surface area contributed by atoms with Gasteiger partial charge in [0.1, 0.15) is 0 Å². The van der Waals surface area contributed by atoms with Crippen molar-refractivity contribution in [3.63, 3.8) is 0 Å². The van der Waals surface area contributed by atoms with Crippen molar-refractivity contribution >= 4 is 17.4 Å². The summed E-state index contributed by atoms with van der Waals surface area (Å²) in [4.78, 5) is 21.4. The molecule has 2 amide bonds. The maximum atomic E-state index is 12.9. The second-order valence-electron chi connectivity index (χ2n) is 8.22. The number of urea groups is 1. The van der Waals surface area contributed by atoms with Crippen LogP contribution in [0.2, 0.25) is 0 Å². The van der Waals surface area contributed by atoms with E-state index < -0.39 is 0 Å². The number of aryl methyl sites for hydroxylation is 1. The Kier molecular flexibility index (Phi) is 5.68. The molecule has 0 spiro atoms. The number of anilines is 2. The van der Waals surface area contributed by atoms with Crippen LogP contribution < -0.4 is 10.2 Å². The summed E-state index contributed by atoms with van der Waals surface area (Å²) in [7, 11) is 0. The van der Waals surface area contributed by atoms with Crippen LogP contribution in [-0.2, 0) is 5.41 Å². The molecule has 2 heterocycles. The molecule has 1 N–H and O–H groups in total. The summed E-state index contributed by atoms with van der Waals surface area (Å²) in [6.45, 7) is 11.8. The van der Waals surface area contributed by atoms with Crippen LogP contribution in [0, 0.1) is 6.92 Å². The summed E-state index contributed by atoms with van der Waals surface area (Å²) in [6, 6.07) is 10.1. The SMILES string of the molecule is Cc1cnccc1N1CCCN(C(=O)Nc2ccccc2C(C)(C)C)CC1. The summed E-state index contributed by atoms with van der Waals surface area (Å²) in [5.74, 6) is 0. The molecule has 1 aliphatic rings. The molecule has 0 aliphatic carbocycles. The molecule has 27 heavy (non-hydrogen) atoms. The number of benzene rings is 1. The Morgan fingerprint density at radius 1 is 1.07 bits per heavy atom. The topological polar surface area (TPSA) is 48.5 Å². The molecular formula is C22H30N4O. The van der Waals surface area contributed by atoms with Crippen molar-refractivity contribution in [3.8, 4) is 0 Å². The van der Waals surface area contributed by atoms with E-state index in [0.29, 0.717) is 6.54 Å². The number of hydrogen-bond donors (Lipinski definition) is 1. The number of nitrogens with one attached hydrogen (secondary N) is 1. The first-order valence-electron chi connectivity index (χ1n) is 9.67. The highest BCUT2D eigenvalue weighted by molar-refractivity contribution is 5.90. The Hall–Kier alpha value is -2.56. The molecule has 0 saturated carbocycles. The molecule has 0 radical (unpaired) electrons. The standard InChI is InChI=1S/C22H30N4O/c1-17-16-23-11-10-20(17)25-12-7-13-26(15-14-25)21(27)24-19-9-6-5-8-18(19)22(2,3)4/h5-6,8-11,16H,7,12-15H2,1-4H3,(H,24,27). The molecule has 0 unspecified atom stereocenters. The van der Waals surface area contributed by atoms with Gasteiger partial charge in [0.25, 0.3) is 0 Å². The Labute approximate surface area is 162 Å². The minimum Gasteiger partial charge on any atom is -0.369 e. The number of amides is 2. The van der Waals surface area contributed by atoms with E-state index >= 15 is 0 Å². The molecule has 5 heteroatoms. The Morgan fingerprint density at radius 3 is 2.59 bits per heavy atom. The molecule has 1 saturated heterocycles. The summed E-state index contributed by atoms with van der Waals surface area (Å²) >= 11 is 0. The van der Waals surface area contributed by atoms with E-state index in [4.69, 9.17) is 0 Å². The Morgan fingerprint density at radius 2 is 1.85 bits per heavy atom. The minimum absolute atomic E-state index is 0.0139. The van der Waals surface area contributed by atoms with E-state index in [1.807, 2.05) is 35.5 Å². The van der Waals surface area contributed by atoms with E-state index in [1.54, 1.807) is 0 Å². The zero-order chi connectivity index (χ0) is 19.4. The fraction of sp³-hybridized carbons (Fsp3) is 0.455. The highest BCUT2D eigenvalue weighted by Crippen LogP contribution is 2.29. The van der Waals surface area contributed by atoms with E-state index in [1.165, 1.54) is 11.3 Å². The van der Waals surface area contributed by atoms with Crippen molar-refractivity contribution < 1.29 is 4.79 Å². The molecule has 0 atom stereocenters. The zero-order valence-electron chi connectivity index (χ0n) is 16.8. The largest absolute Gasteiger partial charge is 0.369 e. The smallest absolute Gasteiger partial charge is 0.321 e. The quantitative estimate of drug-likeness (QED) is 0.855. The minimum atomic E-state index is -0.0155. The number of rotatable bonds is 2. The van der Waals surface area contributed by atoms with Crippen molar-refractivity contribution in [2.45, 2.75) is 39.5 Å². The average molecular weight is 367 g/mol. The fourth-order valence-corrected chi connectivity index (χ4v) is 3.62. The lowest BCUT2D eigenvalue weighted by molar-refractivity contribution is 0.215. The third-order valence-electron chi connectivity index (χ3n) is 5.09. The molecule has 1 aromatic carbocycles. The van der Waals surface area contributed by atoms with Crippen molar-refractivity contribution in [2.24, 2.45) is 0 Å². The molecule has 1 aliphatic heterocycles. The van der Waals surface area contributed by atoms with Crippen molar-refractivity contribution in [1.29, 1.82) is 0 Å². The monoisotopic (exact) mass is 366 g/mol. The van der Waals surface area contributed by atoms with Gasteiger partial charge in [-0.3, -0.25) is 4.98 Å². The number of hydrogen-bond acceptors (Lipinski definition) is 3. The third-order valence-corrected chi connectivity index (χ3v) is 5.09. The van der Waals surface area contributed by atoms with Gasteiger partial charge in [0.05, 0.1) is 0 Å². The van der Waals surface area contributed by atoms with Crippen molar-refractivity contribution in [1.82, 2.24) is 9.88 Å². The summed E-state index contributed by atoms with van der Waals surface area (Å²) in [5, 5.41) is 3.14. The maximum Gasteiger partial charge on any atom is 0.321 e. The number of aromatic nitrogens is 1. The lowest BCUT2D eigenvalue weighted by Crippen LogP contribution is -2.38. The second-order valence-corrected chi connectivity index (χ2v) is 8.22. The molecule has 5 nitrogen and oxygen atoms in total. The number of para-hydroxylation sites is 1. The summed E-state index contributed by atoms with van der Waals surface area (Å²) in [6.07, 6.45) is 4.69. The van der Waals surface area contributed by atoms with Crippen LogP contribution in [0.5, 0.6) is 0 Å². The van der Waals surface area contributed by atoms with Gasteiger partial charge in [-0.05, 0) is 42.0 Å². The molecule has 1 fully saturated rings. The molecule has 0 bridgehead atoms. The van der Waals surface area contributed by atoms with Gasteiger partial charge < -0.3 is 15.1 Å². The van der Waals surface area contributed by atoms with Gasteiger partial charge in [0.15, 0.2) is 0 Å². The van der Waals surface area contributed by atoms with Crippen LogP contribution in [0.25, 0.3) is 0 Å². The van der Waals surface area contributed by atoms with Crippen molar-refractivity contribution in [2.75, 3.05) is 36.4 Å².